The van der Waals surface area contributed by atoms with E-state index in [0.29, 0.717) is 6.42 Å². The molecule has 110 valence electrons. The van der Waals surface area contributed by atoms with Crippen LogP contribution in [-0.4, -0.2) is 32.3 Å². The van der Waals surface area contributed by atoms with E-state index in [2.05, 4.69) is 9.05 Å². The fourth-order valence-corrected chi connectivity index (χ4v) is 2.38. The topological polar surface area (TPSA) is 134 Å². The van der Waals surface area contributed by atoms with Gasteiger partial charge in [0.15, 0.2) is 0 Å². The smallest absolute Gasteiger partial charge is 0.303 e. The molecule has 0 aliphatic heterocycles. The van der Waals surface area contributed by atoms with Crippen molar-refractivity contribution >= 4 is 15.6 Å². The maximum atomic E-state index is 10.8. The van der Waals surface area contributed by atoms with E-state index in [1.807, 2.05) is 6.92 Å². The minimum atomic E-state index is -4.56. The molecule has 0 amide bonds. The van der Waals surface area contributed by atoms with Crippen molar-refractivity contribution in [3.05, 3.63) is 0 Å². The standard InChI is InChI=1S/C8H20O8P2/c1-3-7(2)8(16-18(12,13)14)5-4-6-15-17(9,10)11/h7-8H,3-6H2,1-2H3,(H2,9,10,11)(H2,12,13,14). The Morgan fingerprint density at radius 3 is 2.06 bits per heavy atom. The second kappa shape index (κ2) is 7.72. The zero-order valence-corrected chi connectivity index (χ0v) is 12.1. The van der Waals surface area contributed by atoms with Gasteiger partial charge in [0.1, 0.15) is 0 Å². The Kier molecular flexibility index (Phi) is 7.82. The number of hydrogen-bond acceptors (Lipinski definition) is 4. The first-order valence-corrected chi connectivity index (χ1v) is 8.55. The lowest BCUT2D eigenvalue weighted by Crippen LogP contribution is -2.21. The average molecular weight is 306 g/mol. The molecule has 0 fully saturated rings. The van der Waals surface area contributed by atoms with Crippen molar-refractivity contribution in [1.29, 1.82) is 0 Å². The van der Waals surface area contributed by atoms with Crippen LogP contribution >= 0.6 is 15.6 Å². The average Bonchev–Trinajstić information content (AvgIpc) is 2.18. The van der Waals surface area contributed by atoms with Crippen molar-refractivity contribution in [2.24, 2.45) is 5.92 Å². The number of hydrogen-bond donors (Lipinski definition) is 4. The summed E-state index contributed by atoms with van der Waals surface area (Å²) >= 11 is 0. The molecule has 0 aromatic rings. The molecule has 0 bridgehead atoms. The Morgan fingerprint density at radius 2 is 1.67 bits per heavy atom. The summed E-state index contributed by atoms with van der Waals surface area (Å²) in [5, 5.41) is 0. The quantitative estimate of drug-likeness (QED) is 0.371. The summed E-state index contributed by atoms with van der Waals surface area (Å²) in [6, 6.07) is 0. The molecule has 0 saturated carbocycles. The van der Waals surface area contributed by atoms with Crippen molar-refractivity contribution in [1.82, 2.24) is 0 Å². The highest BCUT2D eigenvalue weighted by Gasteiger charge is 2.26. The van der Waals surface area contributed by atoms with Crippen LogP contribution in [0.3, 0.4) is 0 Å². The van der Waals surface area contributed by atoms with Crippen LogP contribution in [0.4, 0.5) is 0 Å². The summed E-state index contributed by atoms with van der Waals surface area (Å²) in [5.41, 5.74) is 0. The molecule has 2 unspecified atom stereocenters. The van der Waals surface area contributed by atoms with E-state index in [0.717, 1.165) is 0 Å². The van der Waals surface area contributed by atoms with Crippen LogP contribution < -0.4 is 0 Å². The normalized spacial score (nSPS) is 16.6. The largest absolute Gasteiger partial charge is 0.469 e. The van der Waals surface area contributed by atoms with Crippen LogP contribution in [0, 0.1) is 5.92 Å². The van der Waals surface area contributed by atoms with Crippen molar-refractivity contribution in [2.45, 2.75) is 39.2 Å². The van der Waals surface area contributed by atoms with E-state index < -0.39 is 21.7 Å². The first kappa shape index (κ1) is 18.2. The molecule has 8 nitrogen and oxygen atoms in total. The molecule has 0 saturated heterocycles. The molecule has 0 aromatic heterocycles. The first-order valence-electron chi connectivity index (χ1n) is 5.49. The van der Waals surface area contributed by atoms with Gasteiger partial charge in [0, 0.05) is 0 Å². The van der Waals surface area contributed by atoms with Crippen LogP contribution in [0.25, 0.3) is 0 Å². The fourth-order valence-electron chi connectivity index (χ4n) is 1.35. The monoisotopic (exact) mass is 306 g/mol. The second-order valence-electron chi connectivity index (χ2n) is 3.99. The van der Waals surface area contributed by atoms with E-state index in [9.17, 15) is 9.13 Å². The third-order valence-corrected chi connectivity index (χ3v) is 3.51. The molecule has 0 heterocycles. The summed E-state index contributed by atoms with van der Waals surface area (Å²) in [4.78, 5) is 34.4. The Labute approximate surface area is 106 Å². The van der Waals surface area contributed by atoms with Crippen molar-refractivity contribution in [3.8, 4) is 0 Å². The van der Waals surface area contributed by atoms with Crippen molar-refractivity contribution in [2.75, 3.05) is 6.61 Å². The highest BCUT2D eigenvalue weighted by Crippen LogP contribution is 2.41. The highest BCUT2D eigenvalue weighted by atomic mass is 31.2. The first-order chi connectivity index (χ1) is 8.05. The molecule has 0 spiro atoms. The van der Waals surface area contributed by atoms with Gasteiger partial charge in [0.2, 0.25) is 0 Å². The predicted octanol–water partition coefficient (Wildman–Crippen LogP) is 1.40. The summed E-state index contributed by atoms with van der Waals surface area (Å²) in [6.45, 7) is 3.44. The second-order valence-corrected chi connectivity index (χ2v) is 6.42. The zero-order valence-electron chi connectivity index (χ0n) is 10.3. The number of phosphoric ester groups is 2. The molecular weight excluding hydrogens is 286 g/mol. The van der Waals surface area contributed by atoms with Crippen LogP contribution in [0.2, 0.25) is 0 Å². The molecule has 0 rings (SSSR count). The van der Waals surface area contributed by atoms with Crippen molar-refractivity contribution < 1.29 is 37.8 Å². The Balaban J connectivity index is 4.18. The zero-order chi connectivity index (χ0) is 14.4. The van der Waals surface area contributed by atoms with Gasteiger partial charge < -0.3 is 19.6 Å². The van der Waals surface area contributed by atoms with E-state index >= 15 is 0 Å². The van der Waals surface area contributed by atoms with Crippen molar-refractivity contribution in [3.63, 3.8) is 0 Å². The van der Waals surface area contributed by atoms with Gasteiger partial charge in [-0.2, -0.15) is 0 Å². The molecule has 10 heteroatoms. The minimum Gasteiger partial charge on any atom is -0.303 e. The Hall–Kier alpha value is 0.220. The molecular formula is C8H20O8P2. The predicted molar refractivity (Wildman–Crippen MR) is 63.6 cm³/mol. The fraction of sp³-hybridized carbons (Fsp3) is 1.00. The van der Waals surface area contributed by atoms with Gasteiger partial charge >= 0.3 is 15.6 Å². The van der Waals surface area contributed by atoms with Gasteiger partial charge in [-0.3, -0.25) is 9.05 Å². The van der Waals surface area contributed by atoms with Crippen LogP contribution in [0.1, 0.15) is 33.1 Å². The van der Waals surface area contributed by atoms with Gasteiger partial charge in [-0.25, -0.2) is 9.13 Å². The third-order valence-electron chi connectivity index (χ3n) is 2.44. The lowest BCUT2D eigenvalue weighted by molar-refractivity contribution is 0.0785. The van der Waals surface area contributed by atoms with E-state index in [4.69, 9.17) is 19.6 Å². The Morgan fingerprint density at radius 1 is 1.11 bits per heavy atom. The molecule has 2 atom stereocenters. The summed E-state index contributed by atoms with van der Waals surface area (Å²) in [5.74, 6) is -0.0762. The third kappa shape index (κ3) is 10.2. The van der Waals surface area contributed by atoms with E-state index in [1.54, 1.807) is 6.92 Å². The molecule has 0 aliphatic rings. The van der Waals surface area contributed by atoms with E-state index in [-0.39, 0.29) is 25.4 Å². The molecule has 0 aromatic carbocycles. The highest BCUT2D eigenvalue weighted by molar-refractivity contribution is 7.46. The van der Waals surface area contributed by atoms with E-state index in [1.165, 1.54) is 0 Å². The van der Waals surface area contributed by atoms with Gasteiger partial charge in [0.25, 0.3) is 0 Å². The lowest BCUT2D eigenvalue weighted by atomic mass is 9.98. The van der Waals surface area contributed by atoms with Crippen LogP contribution in [0.15, 0.2) is 0 Å². The van der Waals surface area contributed by atoms with Gasteiger partial charge in [-0.1, -0.05) is 20.3 Å². The SMILES string of the molecule is CCC(C)C(CCCOP(=O)(O)O)OP(=O)(O)O. The molecule has 0 radical (unpaired) electrons. The maximum absolute atomic E-state index is 10.8. The summed E-state index contributed by atoms with van der Waals surface area (Å²) in [6.07, 6.45) is 0.487. The lowest BCUT2D eigenvalue weighted by Gasteiger charge is -2.23. The summed E-state index contributed by atoms with van der Waals surface area (Å²) in [7, 11) is -9.06. The summed E-state index contributed by atoms with van der Waals surface area (Å²) < 4.78 is 30.1. The number of phosphoric acid groups is 2. The molecule has 0 aliphatic carbocycles. The maximum Gasteiger partial charge on any atom is 0.469 e. The Bertz CT molecular complexity index is 321. The van der Waals surface area contributed by atoms with Gasteiger partial charge in [-0.15, -0.1) is 0 Å². The number of rotatable bonds is 9. The minimum absolute atomic E-state index is 0.0762. The van der Waals surface area contributed by atoms with Gasteiger partial charge in [0.05, 0.1) is 12.7 Å². The van der Waals surface area contributed by atoms with Crippen LogP contribution in [0.5, 0.6) is 0 Å². The molecule has 18 heavy (non-hydrogen) atoms. The molecule has 4 N–H and O–H groups in total. The van der Waals surface area contributed by atoms with Gasteiger partial charge in [-0.05, 0) is 18.8 Å². The van der Waals surface area contributed by atoms with Crippen LogP contribution in [-0.2, 0) is 18.2 Å².